The van der Waals surface area contributed by atoms with Crippen molar-refractivity contribution in [2.45, 2.75) is 13.3 Å². The Balaban J connectivity index is 3.89. The van der Waals surface area contributed by atoms with Crippen molar-refractivity contribution in [3.8, 4) is 0 Å². The van der Waals surface area contributed by atoms with Gasteiger partial charge < -0.3 is 22.7 Å². The summed E-state index contributed by atoms with van der Waals surface area (Å²) in [5.74, 6) is 0. The summed E-state index contributed by atoms with van der Waals surface area (Å²) in [4.78, 5) is 3.37. The highest BCUT2D eigenvalue weighted by molar-refractivity contribution is 6.58. The van der Waals surface area contributed by atoms with Gasteiger partial charge in [0.1, 0.15) is 0 Å². The fourth-order valence-corrected chi connectivity index (χ4v) is 1.24. The Kier molecular flexibility index (Phi) is 6.19. The van der Waals surface area contributed by atoms with Gasteiger partial charge in [-0.1, -0.05) is 6.92 Å². The molecule has 0 aliphatic carbocycles. The van der Waals surface area contributed by atoms with E-state index in [2.05, 4.69) is 0 Å². The van der Waals surface area contributed by atoms with Gasteiger partial charge in [-0.3, -0.25) is 0 Å². The van der Waals surface area contributed by atoms with Crippen LogP contribution in [0.3, 0.4) is 0 Å². The second kappa shape index (κ2) is 6.29. The van der Waals surface area contributed by atoms with E-state index < -0.39 is 13.4 Å². The smallest absolute Gasteiger partial charge is 0.448 e. The summed E-state index contributed by atoms with van der Waals surface area (Å²) in [6, 6.07) is 0. The quantitative estimate of drug-likeness (QED) is 0.590. The zero-order valence-corrected chi connectivity index (χ0v) is 9.14. The molecule has 0 amide bonds. The lowest BCUT2D eigenvalue weighted by molar-refractivity contribution is 0.247. The minimum atomic E-state index is -4.68. The van der Waals surface area contributed by atoms with Crippen molar-refractivity contribution in [3.63, 3.8) is 0 Å². The highest BCUT2D eigenvalue weighted by Crippen LogP contribution is 2.10. The zero-order valence-electron chi connectivity index (χ0n) is 9.14. The monoisotopic (exact) mass is 211 g/mol. The number of rotatable bonds is 7. The molecule has 0 unspecified atom stereocenters. The van der Waals surface area contributed by atoms with Crippen LogP contribution in [-0.4, -0.2) is 57.0 Å². The van der Waals surface area contributed by atoms with Gasteiger partial charge in [0.25, 0.3) is 0 Å². The summed E-state index contributed by atoms with van der Waals surface area (Å²) in [5.41, 5.74) is 0. The predicted octanol–water partition coefficient (Wildman–Crippen LogP) is 1.65. The first-order valence-corrected chi connectivity index (χ1v) is 4.93. The molecule has 86 valence electrons. The zero-order chi connectivity index (χ0) is 11.2. The van der Waals surface area contributed by atoms with Crippen LogP contribution >= 0.6 is 0 Å². The van der Waals surface area contributed by atoms with Crippen molar-refractivity contribution < 1.29 is 12.9 Å². The standard InChI is InChI=1S/C8H19BF3N2/c1-4-5-14(7-6-13(2)3)8-9(10,11)12/h4-8H2,1-3H3/q-1. The molecule has 0 aromatic carbocycles. The lowest BCUT2D eigenvalue weighted by Crippen LogP contribution is -2.41. The van der Waals surface area contributed by atoms with Gasteiger partial charge in [0.2, 0.25) is 0 Å². The first kappa shape index (κ1) is 13.8. The van der Waals surface area contributed by atoms with E-state index in [0.717, 1.165) is 6.42 Å². The summed E-state index contributed by atoms with van der Waals surface area (Å²) in [7, 11) is 3.73. The maximum Gasteiger partial charge on any atom is 0.492 e. The number of likely N-dealkylation sites (N-methyl/N-ethyl adjacent to an activating group) is 1. The van der Waals surface area contributed by atoms with Crippen LogP contribution in [0.15, 0.2) is 0 Å². The van der Waals surface area contributed by atoms with Crippen LogP contribution in [0.25, 0.3) is 0 Å². The van der Waals surface area contributed by atoms with Gasteiger partial charge in [-0.2, -0.15) is 0 Å². The number of hydrogen-bond donors (Lipinski definition) is 0. The normalized spacial score (nSPS) is 12.9. The Bertz CT molecular complexity index is 150. The van der Waals surface area contributed by atoms with Gasteiger partial charge in [-0.05, 0) is 33.5 Å². The van der Waals surface area contributed by atoms with Gasteiger partial charge in [0.05, 0.1) is 0 Å². The summed E-state index contributed by atoms with van der Waals surface area (Å²) < 4.78 is 36.5. The van der Waals surface area contributed by atoms with E-state index in [1.165, 1.54) is 4.90 Å². The largest absolute Gasteiger partial charge is 0.492 e. The SMILES string of the molecule is CCCN(CCN(C)C)C[B-](F)(F)F. The molecule has 0 saturated heterocycles. The highest BCUT2D eigenvalue weighted by atomic mass is 19.4. The Morgan fingerprint density at radius 3 is 1.93 bits per heavy atom. The maximum atomic E-state index is 12.2. The summed E-state index contributed by atoms with van der Waals surface area (Å²) >= 11 is 0. The third-order valence-electron chi connectivity index (χ3n) is 1.87. The van der Waals surface area contributed by atoms with Crippen LogP contribution in [-0.2, 0) is 0 Å². The summed E-state index contributed by atoms with van der Waals surface area (Å²) in [6.45, 7) is -1.11. The Hall–Kier alpha value is -0.225. The average Bonchev–Trinajstić information content (AvgIpc) is 1.98. The maximum absolute atomic E-state index is 12.2. The molecule has 0 aliphatic rings. The number of halogens is 3. The van der Waals surface area contributed by atoms with Crippen LogP contribution in [0.2, 0.25) is 0 Å². The Labute approximate surface area is 84.1 Å². The van der Waals surface area contributed by atoms with E-state index in [9.17, 15) is 12.9 Å². The number of hydrogen-bond acceptors (Lipinski definition) is 2. The van der Waals surface area contributed by atoms with E-state index in [1.54, 1.807) is 0 Å². The van der Waals surface area contributed by atoms with Crippen LogP contribution in [0, 0.1) is 0 Å². The van der Waals surface area contributed by atoms with Crippen molar-refractivity contribution in [2.24, 2.45) is 0 Å². The molecule has 0 bridgehead atoms. The molecule has 0 aliphatic heterocycles. The van der Waals surface area contributed by atoms with E-state index >= 15 is 0 Å². The van der Waals surface area contributed by atoms with E-state index in [1.807, 2.05) is 25.9 Å². The minimum Gasteiger partial charge on any atom is -0.448 e. The molecule has 14 heavy (non-hydrogen) atoms. The molecule has 6 heteroatoms. The molecule has 0 radical (unpaired) electrons. The lowest BCUT2D eigenvalue weighted by Gasteiger charge is -2.28. The van der Waals surface area contributed by atoms with Crippen LogP contribution in [0.4, 0.5) is 12.9 Å². The molecule has 0 aromatic heterocycles. The number of nitrogens with zero attached hydrogens (tertiary/aromatic N) is 2. The van der Waals surface area contributed by atoms with Crippen molar-refractivity contribution in [3.05, 3.63) is 0 Å². The fourth-order valence-electron chi connectivity index (χ4n) is 1.24. The average molecular weight is 211 g/mol. The van der Waals surface area contributed by atoms with Crippen molar-refractivity contribution in [1.29, 1.82) is 0 Å². The molecular formula is C8H19BF3N2-. The first-order chi connectivity index (χ1) is 6.35. The minimum absolute atomic E-state index is 0.488. The van der Waals surface area contributed by atoms with E-state index in [0.29, 0.717) is 19.6 Å². The second-order valence-corrected chi connectivity index (χ2v) is 3.81. The highest BCUT2D eigenvalue weighted by Gasteiger charge is 2.25. The van der Waals surface area contributed by atoms with Crippen molar-refractivity contribution in [2.75, 3.05) is 40.2 Å². The predicted molar refractivity (Wildman–Crippen MR) is 54.4 cm³/mol. The molecule has 2 nitrogen and oxygen atoms in total. The third-order valence-corrected chi connectivity index (χ3v) is 1.87. The molecule has 0 atom stereocenters. The first-order valence-electron chi connectivity index (χ1n) is 4.93. The molecule has 0 saturated carbocycles. The molecule has 0 spiro atoms. The molecule has 0 N–H and O–H groups in total. The second-order valence-electron chi connectivity index (χ2n) is 3.81. The Morgan fingerprint density at radius 1 is 1.00 bits per heavy atom. The lowest BCUT2D eigenvalue weighted by atomic mass is 9.91. The van der Waals surface area contributed by atoms with Gasteiger partial charge in [0, 0.05) is 13.1 Å². The van der Waals surface area contributed by atoms with Crippen LogP contribution in [0.5, 0.6) is 0 Å². The summed E-state index contributed by atoms with van der Waals surface area (Å²) in [6.07, 6.45) is 0.0290. The van der Waals surface area contributed by atoms with Gasteiger partial charge in [-0.15, -0.1) is 0 Å². The Morgan fingerprint density at radius 2 is 1.57 bits per heavy atom. The topological polar surface area (TPSA) is 6.48 Å². The van der Waals surface area contributed by atoms with Crippen molar-refractivity contribution >= 4 is 6.98 Å². The molecule has 0 fully saturated rings. The molecule has 0 rings (SSSR count). The van der Waals surface area contributed by atoms with Gasteiger partial charge >= 0.3 is 6.98 Å². The van der Waals surface area contributed by atoms with Gasteiger partial charge in [-0.25, -0.2) is 0 Å². The molecule has 0 aromatic rings. The van der Waals surface area contributed by atoms with Gasteiger partial charge in [0.15, 0.2) is 0 Å². The fraction of sp³-hybridized carbons (Fsp3) is 1.00. The molecule has 0 heterocycles. The van der Waals surface area contributed by atoms with E-state index in [4.69, 9.17) is 0 Å². The van der Waals surface area contributed by atoms with Crippen LogP contribution in [0.1, 0.15) is 13.3 Å². The summed E-state index contributed by atoms with van der Waals surface area (Å²) in [5, 5.41) is 0. The molecular weight excluding hydrogens is 192 g/mol. The van der Waals surface area contributed by atoms with Crippen molar-refractivity contribution in [1.82, 2.24) is 9.80 Å². The third kappa shape index (κ3) is 8.38. The van der Waals surface area contributed by atoms with E-state index in [-0.39, 0.29) is 0 Å². The van der Waals surface area contributed by atoms with Crippen LogP contribution < -0.4 is 0 Å².